The van der Waals surface area contributed by atoms with E-state index in [9.17, 15) is 4.79 Å². The van der Waals surface area contributed by atoms with Crippen molar-refractivity contribution in [2.45, 2.75) is 44.6 Å². The molecular weight excluding hydrogens is 300 g/mol. The maximum atomic E-state index is 11.9. The standard InChI is InChI=1S/C17H26N2O2.ClH/c1-13-5-3-4-6-15(13)17(7-9-21-10-8-17)12-19-16(20)11-14(2)18;/h3-6,14H,7-12,18H2,1-2H3,(H,19,20);1H. The highest BCUT2D eigenvalue weighted by Crippen LogP contribution is 2.36. The van der Waals surface area contributed by atoms with Crippen LogP contribution in [0.25, 0.3) is 0 Å². The predicted octanol–water partition coefficient (Wildman–Crippen LogP) is 2.32. The Kier molecular flexibility index (Phi) is 7.33. The minimum Gasteiger partial charge on any atom is -0.381 e. The largest absolute Gasteiger partial charge is 0.381 e. The maximum Gasteiger partial charge on any atom is 0.221 e. The minimum absolute atomic E-state index is 0. The van der Waals surface area contributed by atoms with Crippen LogP contribution in [-0.2, 0) is 14.9 Å². The van der Waals surface area contributed by atoms with Gasteiger partial charge in [-0.25, -0.2) is 0 Å². The van der Waals surface area contributed by atoms with Gasteiger partial charge < -0.3 is 15.8 Å². The molecule has 1 unspecified atom stereocenters. The number of nitrogens with one attached hydrogen (secondary N) is 1. The maximum absolute atomic E-state index is 11.9. The van der Waals surface area contributed by atoms with Crippen molar-refractivity contribution in [2.24, 2.45) is 5.73 Å². The Hall–Kier alpha value is -1.10. The quantitative estimate of drug-likeness (QED) is 0.872. The Bertz CT molecular complexity index is 485. The zero-order chi connectivity index (χ0) is 15.3. The van der Waals surface area contributed by atoms with Crippen LogP contribution in [0.4, 0.5) is 0 Å². The average Bonchev–Trinajstić information content (AvgIpc) is 2.46. The molecule has 0 radical (unpaired) electrons. The number of carbonyl (C=O) groups excluding carboxylic acids is 1. The molecule has 0 aliphatic carbocycles. The summed E-state index contributed by atoms with van der Waals surface area (Å²) in [4.78, 5) is 11.9. The molecule has 1 aromatic rings. The van der Waals surface area contributed by atoms with Gasteiger partial charge in [-0.2, -0.15) is 0 Å². The molecule has 0 saturated carbocycles. The summed E-state index contributed by atoms with van der Waals surface area (Å²) in [5.74, 6) is 0.0319. The summed E-state index contributed by atoms with van der Waals surface area (Å²) in [6.45, 7) is 6.14. The van der Waals surface area contributed by atoms with Gasteiger partial charge in [0.25, 0.3) is 0 Å². The number of aryl methyl sites for hydroxylation is 1. The first kappa shape index (κ1) is 18.9. The van der Waals surface area contributed by atoms with E-state index in [0.29, 0.717) is 13.0 Å². The predicted molar refractivity (Wildman–Crippen MR) is 91.4 cm³/mol. The molecule has 1 saturated heterocycles. The summed E-state index contributed by atoms with van der Waals surface area (Å²) in [5.41, 5.74) is 8.28. The van der Waals surface area contributed by atoms with Crippen molar-refractivity contribution in [1.82, 2.24) is 5.32 Å². The minimum atomic E-state index is -0.103. The third-order valence-electron chi connectivity index (χ3n) is 4.30. The van der Waals surface area contributed by atoms with Crippen LogP contribution in [0, 0.1) is 6.92 Å². The molecule has 1 atom stereocenters. The lowest BCUT2D eigenvalue weighted by Gasteiger charge is -2.39. The molecule has 0 spiro atoms. The van der Waals surface area contributed by atoms with E-state index in [-0.39, 0.29) is 29.8 Å². The monoisotopic (exact) mass is 326 g/mol. The summed E-state index contributed by atoms with van der Waals surface area (Å²) in [6.07, 6.45) is 2.26. The summed E-state index contributed by atoms with van der Waals surface area (Å²) in [5, 5.41) is 3.08. The second kappa shape index (κ2) is 8.51. The summed E-state index contributed by atoms with van der Waals surface area (Å²) >= 11 is 0. The lowest BCUT2D eigenvalue weighted by atomic mass is 9.72. The van der Waals surface area contributed by atoms with Crippen LogP contribution in [-0.4, -0.2) is 31.7 Å². The number of nitrogens with two attached hydrogens (primary N) is 1. The van der Waals surface area contributed by atoms with Crippen molar-refractivity contribution in [1.29, 1.82) is 0 Å². The van der Waals surface area contributed by atoms with Crippen molar-refractivity contribution in [2.75, 3.05) is 19.8 Å². The normalized spacial score (nSPS) is 18.1. The second-order valence-electron chi connectivity index (χ2n) is 6.17. The molecule has 3 N–H and O–H groups in total. The highest BCUT2D eigenvalue weighted by Gasteiger charge is 2.35. The van der Waals surface area contributed by atoms with Gasteiger partial charge in [0, 0.05) is 37.6 Å². The number of hydrogen-bond acceptors (Lipinski definition) is 3. The molecule has 22 heavy (non-hydrogen) atoms. The third kappa shape index (κ3) is 4.70. The van der Waals surface area contributed by atoms with Crippen molar-refractivity contribution < 1.29 is 9.53 Å². The fourth-order valence-corrected chi connectivity index (χ4v) is 3.10. The molecule has 2 rings (SSSR count). The van der Waals surface area contributed by atoms with Gasteiger partial charge in [-0.15, -0.1) is 12.4 Å². The first-order valence-corrected chi connectivity index (χ1v) is 7.70. The van der Waals surface area contributed by atoms with Gasteiger partial charge in [0.15, 0.2) is 0 Å². The Labute approximate surface area is 139 Å². The van der Waals surface area contributed by atoms with E-state index in [2.05, 4.69) is 36.5 Å². The smallest absolute Gasteiger partial charge is 0.221 e. The Morgan fingerprint density at radius 1 is 1.36 bits per heavy atom. The third-order valence-corrected chi connectivity index (χ3v) is 4.30. The van der Waals surface area contributed by atoms with Gasteiger partial charge in [-0.1, -0.05) is 24.3 Å². The van der Waals surface area contributed by atoms with Gasteiger partial charge in [-0.05, 0) is 37.8 Å². The van der Waals surface area contributed by atoms with E-state index in [4.69, 9.17) is 10.5 Å². The van der Waals surface area contributed by atoms with Gasteiger partial charge in [0.05, 0.1) is 0 Å². The van der Waals surface area contributed by atoms with Crippen LogP contribution in [0.1, 0.15) is 37.3 Å². The van der Waals surface area contributed by atoms with Crippen LogP contribution in [0.2, 0.25) is 0 Å². The zero-order valence-electron chi connectivity index (χ0n) is 13.4. The number of amides is 1. The number of rotatable bonds is 5. The van der Waals surface area contributed by atoms with Crippen LogP contribution < -0.4 is 11.1 Å². The molecule has 0 bridgehead atoms. The molecule has 4 nitrogen and oxygen atoms in total. The molecule has 1 heterocycles. The van der Waals surface area contributed by atoms with Crippen LogP contribution >= 0.6 is 12.4 Å². The SMILES string of the molecule is Cc1ccccc1C1(CNC(=O)CC(C)N)CCOCC1.Cl. The number of ether oxygens (including phenoxy) is 1. The van der Waals surface area contributed by atoms with E-state index in [0.717, 1.165) is 26.1 Å². The lowest BCUT2D eigenvalue weighted by Crippen LogP contribution is -2.45. The molecule has 1 aromatic carbocycles. The van der Waals surface area contributed by atoms with Crippen LogP contribution in [0.5, 0.6) is 0 Å². The molecule has 124 valence electrons. The summed E-state index contributed by atoms with van der Waals surface area (Å²) in [7, 11) is 0. The topological polar surface area (TPSA) is 64.4 Å². The molecule has 0 aromatic heterocycles. The molecule has 5 heteroatoms. The highest BCUT2D eigenvalue weighted by atomic mass is 35.5. The van der Waals surface area contributed by atoms with Crippen molar-refractivity contribution in [3.63, 3.8) is 0 Å². The highest BCUT2D eigenvalue weighted by molar-refractivity contribution is 5.85. The molecule has 1 aliphatic rings. The van der Waals surface area contributed by atoms with Crippen molar-refractivity contribution in [3.8, 4) is 0 Å². The summed E-state index contributed by atoms with van der Waals surface area (Å²) in [6, 6.07) is 8.34. The Morgan fingerprint density at radius 2 is 2.00 bits per heavy atom. The van der Waals surface area contributed by atoms with Gasteiger partial charge in [0.2, 0.25) is 5.91 Å². The van der Waals surface area contributed by atoms with E-state index in [1.54, 1.807) is 0 Å². The second-order valence-corrected chi connectivity index (χ2v) is 6.17. The molecular formula is C17H27ClN2O2. The Morgan fingerprint density at radius 3 is 2.59 bits per heavy atom. The lowest BCUT2D eigenvalue weighted by molar-refractivity contribution is -0.121. The fourth-order valence-electron chi connectivity index (χ4n) is 3.10. The van der Waals surface area contributed by atoms with E-state index < -0.39 is 0 Å². The van der Waals surface area contributed by atoms with Crippen LogP contribution in [0.3, 0.4) is 0 Å². The first-order valence-electron chi connectivity index (χ1n) is 7.70. The van der Waals surface area contributed by atoms with Gasteiger partial charge in [-0.3, -0.25) is 4.79 Å². The zero-order valence-corrected chi connectivity index (χ0v) is 14.2. The Balaban J connectivity index is 0.00000242. The number of carbonyl (C=O) groups is 1. The molecule has 1 aliphatic heterocycles. The van der Waals surface area contributed by atoms with Gasteiger partial charge >= 0.3 is 0 Å². The van der Waals surface area contributed by atoms with Crippen molar-refractivity contribution >= 4 is 18.3 Å². The van der Waals surface area contributed by atoms with Gasteiger partial charge in [0.1, 0.15) is 0 Å². The first-order chi connectivity index (χ1) is 10.0. The number of benzene rings is 1. The van der Waals surface area contributed by atoms with E-state index >= 15 is 0 Å². The van der Waals surface area contributed by atoms with Crippen molar-refractivity contribution in [3.05, 3.63) is 35.4 Å². The van der Waals surface area contributed by atoms with Crippen LogP contribution in [0.15, 0.2) is 24.3 Å². The molecule has 1 amide bonds. The molecule has 1 fully saturated rings. The average molecular weight is 327 g/mol. The number of hydrogen-bond donors (Lipinski definition) is 2. The van der Waals surface area contributed by atoms with E-state index in [1.807, 2.05) is 6.92 Å². The van der Waals surface area contributed by atoms with E-state index in [1.165, 1.54) is 11.1 Å². The summed E-state index contributed by atoms with van der Waals surface area (Å²) < 4.78 is 5.52. The fraction of sp³-hybridized carbons (Fsp3) is 0.588. The number of halogens is 1.